The molecular weight excluding hydrogens is 342 g/mol. The second kappa shape index (κ2) is 7.02. The monoisotopic (exact) mass is 365 g/mol. The fraction of sp³-hybridized carbons (Fsp3) is 0.381. The van der Waals surface area contributed by atoms with Gasteiger partial charge in [-0.15, -0.1) is 0 Å². The Morgan fingerprint density at radius 2 is 2.11 bits per heavy atom. The molecule has 0 aliphatic carbocycles. The summed E-state index contributed by atoms with van der Waals surface area (Å²) >= 11 is 0. The molecule has 0 saturated carbocycles. The van der Waals surface area contributed by atoms with Gasteiger partial charge in [-0.25, -0.2) is 0 Å². The Morgan fingerprint density at radius 3 is 2.85 bits per heavy atom. The van der Waals surface area contributed by atoms with Gasteiger partial charge in [0.05, 0.1) is 6.04 Å². The van der Waals surface area contributed by atoms with E-state index >= 15 is 0 Å². The summed E-state index contributed by atoms with van der Waals surface area (Å²) in [4.78, 5) is 28.9. The number of carbonyl (C=O) groups is 2. The van der Waals surface area contributed by atoms with Crippen LogP contribution in [-0.4, -0.2) is 35.0 Å². The average Bonchev–Trinajstić information content (AvgIpc) is 3.34. The van der Waals surface area contributed by atoms with E-state index in [1.807, 2.05) is 36.1 Å². The predicted molar refractivity (Wildman–Crippen MR) is 102 cm³/mol. The van der Waals surface area contributed by atoms with Gasteiger partial charge in [-0.1, -0.05) is 11.7 Å². The summed E-state index contributed by atoms with van der Waals surface area (Å²) < 4.78 is 5.20. The number of amides is 2. The predicted octanol–water partition coefficient (Wildman–Crippen LogP) is 3.43. The molecular formula is C21H23N3O3. The van der Waals surface area contributed by atoms with E-state index in [1.54, 1.807) is 4.90 Å². The number of fused-ring (bicyclic) bond motifs is 1. The number of aryl methyl sites for hydroxylation is 2. The van der Waals surface area contributed by atoms with Gasteiger partial charge in [0.2, 0.25) is 5.91 Å². The molecule has 0 N–H and O–H groups in total. The van der Waals surface area contributed by atoms with E-state index in [0.717, 1.165) is 48.4 Å². The summed E-state index contributed by atoms with van der Waals surface area (Å²) in [5.74, 6) is 0.661. The highest BCUT2D eigenvalue weighted by Gasteiger charge is 2.33. The Kier molecular flexibility index (Phi) is 4.56. The van der Waals surface area contributed by atoms with Crippen molar-refractivity contribution in [3.63, 3.8) is 0 Å². The second-order valence-corrected chi connectivity index (χ2v) is 7.16. The molecule has 1 atom stereocenters. The summed E-state index contributed by atoms with van der Waals surface area (Å²) in [5, 5.41) is 4.11. The molecule has 4 rings (SSSR count). The molecule has 0 spiro atoms. The average molecular weight is 365 g/mol. The third-order valence-electron chi connectivity index (χ3n) is 5.39. The molecule has 2 amide bonds. The van der Waals surface area contributed by atoms with E-state index in [2.05, 4.69) is 11.7 Å². The van der Waals surface area contributed by atoms with Gasteiger partial charge in [0.15, 0.2) is 0 Å². The molecule has 1 fully saturated rings. The van der Waals surface area contributed by atoms with Gasteiger partial charge in [0.1, 0.15) is 11.5 Å². The Labute approximate surface area is 158 Å². The molecule has 1 aromatic heterocycles. The van der Waals surface area contributed by atoms with Gasteiger partial charge < -0.3 is 14.3 Å². The third-order valence-corrected chi connectivity index (χ3v) is 5.39. The molecule has 0 radical (unpaired) electrons. The minimum atomic E-state index is -0.101. The highest BCUT2D eigenvalue weighted by molar-refractivity contribution is 6.02. The lowest BCUT2D eigenvalue weighted by molar-refractivity contribution is -0.114. The smallest absolute Gasteiger partial charge is 0.254 e. The van der Waals surface area contributed by atoms with Crippen LogP contribution in [0.2, 0.25) is 0 Å². The van der Waals surface area contributed by atoms with Crippen molar-refractivity contribution in [3.05, 3.63) is 59.5 Å². The molecule has 2 aromatic rings. The Hall–Kier alpha value is -2.89. The molecule has 2 aliphatic heterocycles. The molecule has 0 bridgehead atoms. The van der Waals surface area contributed by atoms with Crippen LogP contribution in [0.15, 0.2) is 41.4 Å². The maximum Gasteiger partial charge on any atom is 0.254 e. The van der Waals surface area contributed by atoms with Crippen LogP contribution in [0, 0.1) is 6.92 Å². The van der Waals surface area contributed by atoms with E-state index in [4.69, 9.17) is 4.52 Å². The van der Waals surface area contributed by atoms with Crippen molar-refractivity contribution in [2.45, 2.75) is 38.6 Å². The van der Waals surface area contributed by atoms with E-state index < -0.39 is 0 Å². The number of benzene rings is 1. The topological polar surface area (TPSA) is 66.7 Å². The quantitative estimate of drug-likeness (QED) is 0.782. The van der Waals surface area contributed by atoms with Crippen molar-refractivity contribution in [2.75, 3.05) is 18.0 Å². The third kappa shape index (κ3) is 3.16. The van der Waals surface area contributed by atoms with Gasteiger partial charge in [0, 0.05) is 30.4 Å². The van der Waals surface area contributed by atoms with Crippen LogP contribution in [0.4, 0.5) is 5.69 Å². The van der Waals surface area contributed by atoms with Gasteiger partial charge in [-0.3, -0.25) is 9.59 Å². The summed E-state index contributed by atoms with van der Waals surface area (Å²) in [5.41, 5.74) is 3.40. The molecule has 27 heavy (non-hydrogen) atoms. The lowest BCUT2D eigenvalue weighted by Crippen LogP contribution is -2.35. The zero-order valence-corrected chi connectivity index (χ0v) is 15.5. The minimum absolute atomic E-state index is 0.00752. The number of carbonyl (C=O) groups excluding carboxylic acids is 2. The van der Waals surface area contributed by atoms with E-state index in [9.17, 15) is 9.59 Å². The number of aromatic nitrogens is 1. The number of hydrogen-bond acceptors (Lipinski definition) is 4. The SMILES string of the molecule is C=CC(=O)N1CCCc2cc(C(=O)N3CCCC3c3cc(C)on3)ccc21. The molecule has 1 unspecified atom stereocenters. The van der Waals surface area contributed by atoms with Crippen LogP contribution < -0.4 is 4.90 Å². The van der Waals surface area contributed by atoms with Crippen LogP contribution in [0.3, 0.4) is 0 Å². The Bertz CT molecular complexity index is 902. The number of rotatable bonds is 3. The van der Waals surface area contributed by atoms with Crippen molar-refractivity contribution >= 4 is 17.5 Å². The maximum absolute atomic E-state index is 13.2. The second-order valence-electron chi connectivity index (χ2n) is 7.16. The van der Waals surface area contributed by atoms with Gasteiger partial charge in [-0.2, -0.15) is 0 Å². The van der Waals surface area contributed by atoms with Crippen molar-refractivity contribution in [2.24, 2.45) is 0 Å². The molecule has 3 heterocycles. The van der Waals surface area contributed by atoms with Crippen molar-refractivity contribution in [3.8, 4) is 0 Å². The number of likely N-dealkylation sites (tertiary alicyclic amines) is 1. The fourth-order valence-electron chi connectivity index (χ4n) is 4.10. The first-order valence-electron chi connectivity index (χ1n) is 9.39. The first-order chi connectivity index (χ1) is 13.1. The summed E-state index contributed by atoms with van der Waals surface area (Å²) in [7, 11) is 0. The molecule has 140 valence electrons. The number of anilines is 1. The van der Waals surface area contributed by atoms with E-state index in [0.29, 0.717) is 18.7 Å². The Balaban J connectivity index is 1.61. The van der Waals surface area contributed by atoms with Gasteiger partial charge >= 0.3 is 0 Å². The van der Waals surface area contributed by atoms with Crippen molar-refractivity contribution in [1.82, 2.24) is 10.1 Å². The first-order valence-corrected chi connectivity index (χ1v) is 9.39. The maximum atomic E-state index is 13.2. The first kappa shape index (κ1) is 17.5. The zero-order chi connectivity index (χ0) is 19.0. The van der Waals surface area contributed by atoms with Gasteiger partial charge in [-0.05, 0) is 62.4 Å². The van der Waals surface area contributed by atoms with Crippen molar-refractivity contribution in [1.29, 1.82) is 0 Å². The summed E-state index contributed by atoms with van der Waals surface area (Å²) in [6, 6.07) is 7.50. The number of nitrogens with zero attached hydrogens (tertiary/aromatic N) is 3. The standard InChI is InChI=1S/C21H23N3O3/c1-3-20(25)23-10-4-6-15-13-16(8-9-18(15)23)21(26)24-11-5-7-19(24)17-12-14(2)27-22-17/h3,8-9,12-13,19H,1,4-7,10-11H2,2H3. The summed E-state index contributed by atoms with van der Waals surface area (Å²) in [6.07, 6.45) is 4.93. The molecule has 6 nitrogen and oxygen atoms in total. The van der Waals surface area contributed by atoms with E-state index in [1.165, 1.54) is 6.08 Å². The lowest BCUT2D eigenvalue weighted by Gasteiger charge is -2.29. The normalized spacial score (nSPS) is 19.1. The molecule has 1 aromatic carbocycles. The van der Waals surface area contributed by atoms with Crippen LogP contribution in [-0.2, 0) is 11.2 Å². The van der Waals surface area contributed by atoms with Crippen LogP contribution in [0.1, 0.15) is 52.7 Å². The van der Waals surface area contributed by atoms with Crippen LogP contribution >= 0.6 is 0 Å². The van der Waals surface area contributed by atoms with Crippen molar-refractivity contribution < 1.29 is 14.1 Å². The highest BCUT2D eigenvalue weighted by atomic mass is 16.5. The summed E-state index contributed by atoms with van der Waals surface area (Å²) in [6.45, 7) is 6.84. The molecule has 1 saturated heterocycles. The minimum Gasteiger partial charge on any atom is -0.361 e. The van der Waals surface area contributed by atoms with Crippen LogP contribution in [0.5, 0.6) is 0 Å². The highest BCUT2D eigenvalue weighted by Crippen LogP contribution is 2.34. The van der Waals surface area contributed by atoms with E-state index in [-0.39, 0.29) is 17.9 Å². The molecule has 6 heteroatoms. The van der Waals surface area contributed by atoms with Gasteiger partial charge in [0.25, 0.3) is 5.91 Å². The zero-order valence-electron chi connectivity index (χ0n) is 15.5. The largest absolute Gasteiger partial charge is 0.361 e. The molecule has 2 aliphatic rings. The fourth-order valence-corrected chi connectivity index (χ4v) is 4.10. The Morgan fingerprint density at radius 1 is 1.26 bits per heavy atom. The lowest BCUT2D eigenvalue weighted by atomic mass is 9.98. The van der Waals surface area contributed by atoms with Crippen LogP contribution in [0.25, 0.3) is 0 Å². The number of hydrogen-bond donors (Lipinski definition) is 0.